The number of aryl methyl sites for hydroxylation is 1. The van der Waals surface area contributed by atoms with Crippen molar-refractivity contribution in [2.75, 3.05) is 24.2 Å². The molecule has 0 radical (unpaired) electrons. The highest BCUT2D eigenvalue weighted by atomic mass is 32.2. The second-order valence-corrected chi connectivity index (χ2v) is 12.2. The van der Waals surface area contributed by atoms with Crippen LogP contribution >= 0.6 is 0 Å². The maximum atomic E-state index is 12.6. The molecular weight excluding hydrogens is 444 g/mol. The minimum absolute atomic E-state index is 0.0554. The van der Waals surface area contributed by atoms with Crippen molar-refractivity contribution in [1.82, 2.24) is 24.1 Å². The molecule has 2 aromatic rings. The summed E-state index contributed by atoms with van der Waals surface area (Å²) in [6, 6.07) is 0.0687. The van der Waals surface area contributed by atoms with Crippen molar-refractivity contribution in [1.29, 1.82) is 0 Å². The smallest absolute Gasteiger partial charge is 0.223 e. The number of nitrogens with zero attached hydrogens (tertiary/aromatic N) is 5. The molecule has 1 aliphatic heterocycles. The molecule has 1 aliphatic rings. The van der Waals surface area contributed by atoms with Crippen molar-refractivity contribution in [3.63, 3.8) is 0 Å². The number of anilines is 1. The monoisotopic (exact) mass is 480 g/mol. The van der Waals surface area contributed by atoms with E-state index in [0.29, 0.717) is 38.4 Å². The Morgan fingerprint density at radius 3 is 2.39 bits per heavy atom. The molecule has 184 valence electrons. The average molecular weight is 481 g/mol. The van der Waals surface area contributed by atoms with Gasteiger partial charge in [0.15, 0.2) is 0 Å². The lowest BCUT2D eigenvalue weighted by atomic mass is 10.1. The molecule has 0 unspecified atom stereocenters. The fraction of sp³-hybridized carbons (Fsp3) is 0.682. The fourth-order valence-corrected chi connectivity index (χ4v) is 5.52. The highest BCUT2D eigenvalue weighted by Crippen LogP contribution is 2.24. The van der Waals surface area contributed by atoms with E-state index < -0.39 is 21.2 Å². The number of sulfonamides is 1. The van der Waals surface area contributed by atoms with Crippen LogP contribution in [0.15, 0.2) is 18.6 Å². The number of hydrogen-bond donors (Lipinski definition) is 3. The molecule has 0 saturated carbocycles. The van der Waals surface area contributed by atoms with Gasteiger partial charge in [0, 0.05) is 37.1 Å². The zero-order chi connectivity index (χ0) is 24.4. The van der Waals surface area contributed by atoms with E-state index >= 15 is 0 Å². The lowest BCUT2D eigenvalue weighted by Crippen LogP contribution is -2.44. The van der Waals surface area contributed by atoms with Gasteiger partial charge < -0.3 is 15.5 Å². The summed E-state index contributed by atoms with van der Waals surface area (Å²) in [4.78, 5) is 9.07. The Kier molecular flexibility index (Phi) is 7.47. The normalized spacial score (nSPS) is 16.8. The topological polar surface area (TPSA) is 133 Å². The summed E-state index contributed by atoms with van der Waals surface area (Å²) in [5.74, 6) is 0.439. The maximum Gasteiger partial charge on any atom is 0.223 e. The third kappa shape index (κ3) is 7.46. The molecule has 1 saturated heterocycles. The van der Waals surface area contributed by atoms with Crippen LogP contribution in [0.25, 0.3) is 11.3 Å². The number of nitrogens with one attached hydrogen (secondary N) is 1. The summed E-state index contributed by atoms with van der Waals surface area (Å²) in [5.41, 5.74) is 0.651. The van der Waals surface area contributed by atoms with Crippen LogP contribution in [-0.4, -0.2) is 78.8 Å². The first-order chi connectivity index (χ1) is 15.2. The molecule has 0 bridgehead atoms. The Balaban J connectivity index is 1.62. The molecule has 3 heterocycles. The van der Waals surface area contributed by atoms with Crippen molar-refractivity contribution >= 4 is 16.0 Å². The lowest BCUT2D eigenvalue weighted by molar-refractivity contribution is 0.0577. The number of rotatable bonds is 9. The predicted molar refractivity (Wildman–Crippen MR) is 127 cm³/mol. The third-order valence-corrected chi connectivity index (χ3v) is 7.45. The largest absolute Gasteiger partial charge is 0.390 e. The fourth-order valence-electron chi connectivity index (χ4n) is 3.74. The number of aliphatic hydroxyl groups is 2. The van der Waals surface area contributed by atoms with Crippen LogP contribution < -0.4 is 5.32 Å². The van der Waals surface area contributed by atoms with Gasteiger partial charge in [0.2, 0.25) is 16.0 Å². The molecule has 0 atom stereocenters. The van der Waals surface area contributed by atoms with Crippen molar-refractivity contribution in [2.24, 2.45) is 0 Å². The first kappa shape index (κ1) is 25.5. The van der Waals surface area contributed by atoms with E-state index in [2.05, 4.69) is 20.4 Å². The van der Waals surface area contributed by atoms with E-state index in [1.807, 2.05) is 13.1 Å². The van der Waals surface area contributed by atoms with Crippen LogP contribution in [0.5, 0.6) is 0 Å². The zero-order valence-corrected chi connectivity index (χ0v) is 20.9. The van der Waals surface area contributed by atoms with E-state index in [4.69, 9.17) is 0 Å². The van der Waals surface area contributed by atoms with E-state index in [0.717, 1.165) is 16.8 Å². The van der Waals surface area contributed by atoms with E-state index in [9.17, 15) is 18.6 Å². The summed E-state index contributed by atoms with van der Waals surface area (Å²) in [5, 5.41) is 27.5. The summed E-state index contributed by atoms with van der Waals surface area (Å²) in [7, 11) is -3.38. The van der Waals surface area contributed by atoms with Crippen molar-refractivity contribution in [3.05, 3.63) is 24.2 Å². The molecule has 0 aromatic carbocycles. The Bertz CT molecular complexity index is 1050. The quantitative estimate of drug-likeness (QED) is 0.495. The molecule has 3 N–H and O–H groups in total. The second-order valence-electron chi connectivity index (χ2n) is 10.2. The third-order valence-electron chi connectivity index (χ3n) is 5.58. The number of piperidine rings is 1. The van der Waals surface area contributed by atoms with Crippen LogP contribution in [0.1, 0.15) is 52.5 Å². The Morgan fingerprint density at radius 1 is 1.12 bits per heavy atom. The van der Waals surface area contributed by atoms with Gasteiger partial charge in [0.05, 0.1) is 35.4 Å². The lowest BCUT2D eigenvalue weighted by Gasteiger charge is -2.32. The van der Waals surface area contributed by atoms with E-state index in [1.165, 1.54) is 4.31 Å². The SMILES string of the molecule is Cc1cnc(NC2CCN(S(=O)(=O)CCC(C)(C)O)CC2)nc1-c1cnn(CC(C)(C)O)c1. The molecule has 11 heteroatoms. The standard InChI is InChI=1S/C22H36N6O4S/c1-16-12-23-20(26-19(16)17-13-24-27(14-17)15-22(4,5)30)25-18-6-9-28(10-7-18)33(31,32)11-8-21(2,3)29/h12-14,18,29-30H,6-11,15H2,1-5H3,(H,23,25,26). The first-order valence-electron chi connectivity index (χ1n) is 11.3. The van der Waals surface area contributed by atoms with Crippen LogP contribution in [0, 0.1) is 6.92 Å². The van der Waals surface area contributed by atoms with Gasteiger partial charge in [0.1, 0.15) is 0 Å². The van der Waals surface area contributed by atoms with Gasteiger partial charge in [-0.05, 0) is 59.4 Å². The minimum Gasteiger partial charge on any atom is -0.390 e. The molecular formula is C22H36N6O4S. The zero-order valence-electron chi connectivity index (χ0n) is 20.1. The van der Waals surface area contributed by atoms with Crippen molar-refractivity contribution in [3.8, 4) is 11.3 Å². The molecule has 2 aromatic heterocycles. The predicted octanol–water partition coefficient (Wildman–Crippen LogP) is 1.79. The van der Waals surface area contributed by atoms with Crippen molar-refractivity contribution < 1.29 is 18.6 Å². The average Bonchev–Trinajstić information content (AvgIpc) is 3.14. The van der Waals surface area contributed by atoms with Gasteiger partial charge in [-0.2, -0.15) is 5.10 Å². The van der Waals surface area contributed by atoms with Crippen LogP contribution in [-0.2, 0) is 16.6 Å². The second kappa shape index (κ2) is 9.65. The molecule has 1 fully saturated rings. The van der Waals surface area contributed by atoms with Gasteiger partial charge in [-0.25, -0.2) is 22.7 Å². The van der Waals surface area contributed by atoms with Crippen molar-refractivity contribution in [2.45, 2.75) is 77.7 Å². The van der Waals surface area contributed by atoms with E-state index in [1.54, 1.807) is 44.8 Å². The van der Waals surface area contributed by atoms with E-state index in [-0.39, 0.29) is 18.2 Å². The number of hydrogen-bond acceptors (Lipinski definition) is 8. The maximum absolute atomic E-state index is 12.6. The molecule has 3 rings (SSSR count). The Hall–Kier alpha value is -2.08. The minimum atomic E-state index is -3.38. The highest BCUT2D eigenvalue weighted by molar-refractivity contribution is 7.89. The first-order valence-corrected chi connectivity index (χ1v) is 12.9. The Morgan fingerprint density at radius 2 is 1.79 bits per heavy atom. The number of aromatic nitrogens is 4. The van der Waals surface area contributed by atoms with Gasteiger partial charge in [-0.3, -0.25) is 4.68 Å². The van der Waals surface area contributed by atoms with Crippen LogP contribution in [0.4, 0.5) is 5.95 Å². The summed E-state index contributed by atoms with van der Waals surface area (Å²) in [6.07, 6.45) is 6.85. The summed E-state index contributed by atoms with van der Waals surface area (Å²) >= 11 is 0. The molecule has 0 amide bonds. The van der Waals surface area contributed by atoms with Crippen LogP contribution in [0.3, 0.4) is 0 Å². The summed E-state index contributed by atoms with van der Waals surface area (Å²) < 4.78 is 28.3. The Labute approximate surface area is 196 Å². The molecule has 0 aliphatic carbocycles. The van der Waals surface area contributed by atoms with Crippen LogP contribution in [0.2, 0.25) is 0 Å². The highest BCUT2D eigenvalue weighted by Gasteiger charge is 2.29. The van der Waals surface area contributed by atoms with Gasteiger partial charge in [0.25, 0.3) is 0 Å². The van der Waals surface area contributed by atoms with Gasteiger partial charge >= 0.3 is 0 Å². The van der Waals surface area contributed by atoms with Gasteiger partial charge in [-0.1, -0.05) is 0 Å². The molecule has 33 heavy (non-hydrogen) atoms. The molecule has 10 nitrogen and oxygen atoms in total. The summed E-state index contributed by atoms with van der Waals surface area (Å²) in [6.45, 7) is 9.86. The molecule has 0 spiro atoms. The van der Waals surface area contributed by atoms with Gasteiger partial charge in [-0.15, -0.1) is 0 Å².